The van der Waals surface area contributed by atoms with Crippen LogP contribution < -0.4 is 4.90 Å². The van der Waals surface area contributed by atoms with Crippen molar-refractivity contribution < 1.29 is 2.74 Å². The Morgan fingerprint density at radius 2 is 0.914 bits per heavy atom. The zero-order chi connectivity index (χ0) is 40.9. The van der Waals surface area contributed by atoms with Gasteiger partial charge in [0.15, 0.2) is 0 Å². The van der Waals surface area contributed by atoms with Gasteiger partial charge in [-0.2, -0.15) is 0 Å². The highest BCUT2D eigenvalue weighted by atomic mass is 15.1. The molecule has 0 bridgehead atoms. The lowest BCUT2D eigenvalue weighted by molar-refractivity contribution is 0.660. The maximum atomic E-state index is 9.43. The monoisotopic (exact) mass is 746 g/mol. The van der Waals surface area contributed by atoms with Crippen molar-refractivity contribution in [3.8, 4) is 27.9 Å². The summed E-state index contributed by atoms with van der Waals surface area (Å²) in [6, 6.07) is 65.1. The fraction of sp³-hybridized carbons (Fsp3) is 0.107. The molecule has 11 rings (SSSR count). The number of rotatable bonds is 6. The fourth-order valence-corrected chi connectivity index (χ4v) is 9.85. The van der Waals surface area contributed by atoms with Gasteiger partial charge in [-0.05, 0) is 116 Å². The maximum absolute atomic E-state index is 9.43. The number of aromatic nitrogens is 1. The van der Waals surface area contributed by atoms with Crippen LogP contribution in [0, 0.1) is 0 Å². The summed E-state index contributed by atoms with van der Waals surface area (Å²) in [6.07, 6.45) is 0. The normalized spacial score (nSPS) is 15.2. The molecule has 1 heterocycles. The molecule has 9 aromatic rings. The van der Waals surface area contributed by atoms with Gasteiger partial charge in [-0.1, -0.05) is 161 Å². The highest BCUT2D eigenvalue weighted by molar-refractivity contribution is 6.09. The summed E-state index contributed by atoms with van der Waals surface area (Å²) in [5.74, 6) is 0. The molecule has 8 aromatic carbocycles. The lowest BCUT2D eigenvalue weighted by Crippen LogP contribution is -2.18. The Morgan fingerprint density at radius 1 is 0.414 bits per heavy atom. The average Bonchev–Trinajstić information content (AvgIpc) is 3.82. The zero-order valence-electron chi connectivity index (χ0n) is 35.2. The summed E-state index contributed by atoms with van der Waals surface area (Å²) in [5, 5.41) is 2.30. The van der Waals surface area contributed by atoms with E-state index >= 15 is 0 Å². The highest BCUT2D eigenvalue weighted by Crippen LogP contribution is 2.53. The first-order chi connectivity index (χ1) is 29.1. The standard InChI is InChI=1S/C56H44N2/c1-55(2)49-21-13-11-19-43(49)45-31-27-41(35-51(45)55)57(39-15-7-5-8-16-39)42-28-32-46-44-29-25-37(33-50(44)56(3,4)52(46)36-42)23-24-38-26-30-48-47-20-12-14-22-53(47)58(54(48)34-38)40-17-9-6-10-18-40/h5-36H,1-4H3/i23D,24D. The van der Waals surface area contributed by atoms with Crippen molar-refractivity contribution in [1.29, 1.82) is 0 Å². The van der Waals surface area contributed by atoms with Gasteiger partial charge in [0.05, 0.1) is 13.8 Å². The molecule has 0 unspecified atom stereocenters. The maximum Gasteiger partial charge on any atom is 0.0629 e. The molecule has 0 N–H and O–H groups in total. The van der Waals surface area contributed by atoms with Crippen LogP contribution in [0.5, 0.6) is 0 Å². The molecule has 58 heavy (non-hydrogen) atoms. The summed E-state index contributed by atoms with van der Waals surface area (Å²) in [4.78, 5) is 2.38. The Kier molecular flexibility index (Phi) is 7.11. The van der Waals surface area contributed by atoms with Crippen LogP contribution in [0.2, 0.25) is 0 Å². The van der Waals surface area contributed by atoms with E-state index in [4.69, 9.17) is 0 Å². The van der Waals surface area contributed by atoms with Crippen LogP contribution in [-0.4, -0.2) is 4.57 Å². The van der Waals surface area contributed by atoms with Crippen LogP contribution in [0.1, 0.15) is 63.8 Å². The van der Waals surface area contributed by atoms with Crippen LogP contribution in [0.3, 0.4) is 0 Å². The molecule has 0 radical (unpaired) electrons. The van der Waals surface area contributed by atoms with Crippen LogP contribution in [-0.2, 0) is 10.8 Å². The molecule has 0 spiro atoms. The van der Waals surface area contributed by atoms with Crippen LogP contribution in [0.4, 0.5) is 17.1 Å². The van der Waals surface area contributed by atoms with E-state index in [1.54, 1.807) is 0 Å². The van der Waals surface area contributed by atoms with E-state index in [1.165, 1.54) is 49.9 Å². The number of para-hydroxylation sites is 3. The topological polar surface area (TPSA) is 8.17 Å². The molecule has 2 aliphatic rings. The van der Waals surface area contributed by atoms with E-state index in [0.29, 0.717) is 0 Å². The van der Waals surface area contributed by atoms with E-state index in [2.05, 4.69) is 201 Å². The van der Waals surface area contributed by atoms with Gasteiger partial charge in [-0.25, -0.2) is 0 Å². The van der Waals surface area contributed by atoms with Crippen molar-refractivity contribution in [2.75, 3.05) is 4.90 Å². The molecule has 2 aliphatic carbocycles. The second-order valence-corrected chi connectivity index (χ2v) is 16.9. The van der Waals surface area contributed by atoms with Gasteiger partial charge in [-0.3, -0.25) is 0 Å². The lowest BCUT2D eigenvalue weighted by atomic mass is 9.81. The van der Waals surface area contributed by atoms with Crippen molar-refractivity contribution >= 4 is 51.0 Å². The number of fused-ring (bicyclic) bond motifs is 9. The van der Waals surface area contributed by atoms with Crippen molar-refractivity contribution in [2.24, 2.45) is 0 Å². The number of hydrogen-bond acceptors (Lipinski definition) is 1. The Balaban J connectivity index is 0.978. The third-order valence-electron chi connectivity index (χ3n) is 12.8. The first kappa shape index (κ1) is 32.2. The minimum absolute atomic E-state index is 0.109. The third-order valence-corrected chi connectivity index (χ3v) is 12.8. The lowest BCUT2D eigenvalue weighted by Gasteiger charge is -2.29. The Bertz CT molecular complexity index is 3230. The summed E-state index contributed by atoms with van der Waals surface area (Å²) >= 11 is 0. The van der Waals surface area contributed by atoms with Gasteiger partial charge in [-0.15, -0.1) is 0 Å². The van der Waals surface area contributed by atoms with Crippen LogP contribution in [0.25, 0.3) is 61.9 Å². The molecule has 0 amide bonds. The summed E-state index contributed by atoms with van der Waals surface area (Å²) < 4.78 is 21.1. The van der Waals surface area contributed by atoms with Gasteiger partial charge in [0.1, 0.15) is 0 Å². The smallest absolute Gasteiger partial charge is 0.0629 e. The predicted octanol–water partition coefficient (Wildman–Crippen LogP) is 15.0. The molecule has 2 heteroatoms. The predicted molar refractivity (Wildman–Crippen MR) is 246 cm³/mol. The van der Waals surface area contributed by atoms with Gasteiger partial charge >= 0.3 is 0 Å². The summed E-state index contributed by atoms with van der Waals surface area (Å²) in [5.41, 5.74) is 17.7. The quantitative estimate of drug-likeness (QED) is 0.154. The van der Waals surface area contributed by atoms with E-state index in [-0.39, 0.29) is 22.9 Å². The summed E-state index contributed by atoms with van der Waals surface area (Å²) in [6.45, 7) is 9.25. The van der Waals surface area contributed by atoms with E-state index in [1.807, 2.05) is 18.2 Å². The molecule has 278 valence electrons. The highest BCUT2D eigenvalue weighted by Gasteiger charge is 2.38. The van der Waals surface area contributed by atoms with Crippen molar-refractivity contribution in [2.45, 2.75) is 38.5 Å². The third kappa shape index (κ3) is 5.18. The second kappa shape index (κ2) is 12.8. The molecule has 0 fully saturated rings. The van der Waals surface area contributed by atoms with Crippen LogP contribution in [0.15, 0.2) is 182 Å². The van der Waals surface area contributed by atoms with Crippen LogP contribution >= 0.6 is 0 Å². The number of anilines is 3. The summed E-state index contributed by atoms with van der Waals surface area (Å²) in [7, 11) is 0. The second-order valence-electron chi connectivity index (χ2n) is 16.9. The molecule has 0 saturated carbocycles. The number of hydrogen-bond donors (Lipinski definition) is 0. The molecule has 0 aliphatic heterocycles. The SMILES string of the molecule is [2H]C(=C([2H])c1ccc2c3ccccc3n(-c3ccccc3)c2c1)c1ccc2c(c1)C(C)(C)c1cc(N(c3ccccc3)c3ccc4c(c3)C(C)(C)c3ccccc3-4)ccc1-2. The largest absolute Gasteiger partial charge is 0.310 e. The van der Waals surface area contributed by atoms with E-state index in [0.717, 1.165) is 50.3 Å². The number of nitrogens with zero attached hydrogens (tertiary/aromatic N) is 2. The number of benzene rings is 8. The van der Waals surface area contributed by atoms with Gasteiger partial charge < -0.3 is 9.47 Å². The molecular weight excluding hydrogens is 701 g/mol. The zero-order valence-corrected chi connectivity index (χ0v) is 33.2. The Hall–Kier alpha value is -6.90. The van der Waals surface area contributed by atoms with E-state index < -0.39 is 0 Å². The van der Waals surface area contributed by atoms with Gasteiger partial charge in [0.25, 0.3) is 0 Å². The molecular formula is C56H44N2. The van der Waals surface area contributed by atoms with Crippen molar-refractivity contribution in [3.63, 3.8) is 0 Å². The molecule has 2 nitrogen and oxygen atoms in total. The molecule has 0 saturated heterocycles. The first-order valence-electron chi connectivity index (χ1n) is 21.3. The molecule has 0 atom stereocenters. The minimum Gasteiger partial charge on any atom is -0.310 e. The molecule has 1 aromatic heterocycles. The van der Waals surface area contributed by atoms with Gasteiger partial charge in [0.2, 0.25) is 0 Å². The fourth-order valence-electron chi connectivity index (χ4n) is 9.85. The van der Waals surface area contributed by atoms with Crippen molar-refractivity contribution in [3.05, 3.63) is 215 Å². The van der Waals surface area contributed by atoms with Gasteiger partial charge in [0, 0.05) is 44.4 Å². The average molecular weight is 747 g/mol. The first-order valence-corrected chi connectivity index (χ1v) is 20.3. The van der Waals surface area contributed by atoms with E-state index in [9.17, 15) is 2.74 Å². The van der Waals surface area contributed by atoms with Crippen molar-refractivity contribution in [1.82, 2.24) is 4.57 Å². The Morgan fingerprint density at radius 3 is 1.62 bits per heavy atom. The minimum atomic E-state index is -0.335. The Labute approximate surface area is 343 Å².